The second-order valence-electron chi connectivity index (χ2n) is 7.03. The van der Waals surface area contributed by atoms with E-state index in [-0.39, 0.29) is 5.91 Å². The number of ether oxygens (including phenoxy) is 2. The number of nitrogens with zero attached hydrogens (tertiary/aromatic N) is 1. The fourth-order valence-electron chi connectivity index (χ4n) is 3.23. The van der Waals surface area contributed by atoms with Gasteiger partial charge in [0.15, 0.2) is 4.32 Å². The number of carbonyl (C=O) groups is 1. The maximum absolute atomic E-state index is 13.1. The van der Waals surface area contributed by atoms with Gasteiger partial charge in [-0.1, -0.05) is 54.3 Å². The van der Waals surface area contributed by atoms with E-state index in [0.29, 0.717) is 22.4 Å². The van der Waals surface area contributed by atoms with E-state index in [9.17, 15) is 4.79 Å². The molecule has 0 radical (unpaired) electrons. The number of hydrogen-bond acceptors (Lipinski definition) is 5. The highest BCUT2D eigenvalue weighted by Gasteiger charge is 2.33. The fraction of sp³-hybridized carbons (Fsp3) is 0.120. The SMILES string of the molecule is CCOc1ccc(N2C(=O)/C(=C\c3cc(I)c(OCc4ccccc4)c(I)c3)SC2=S)cc1. The topological polar surface area (TPSA) is 38.8 Å². The normalized spacial score (nSPS) is 14.8. The molecule has 0 aliphatic carbocycles. The lowest BCUT2D eigenvalue weighted by molar-refractivity contribution is -0.113. The maximum Gasteiger partial charge on any atom is 0.270 e. The number of halogens is 2. The van der Waals surface area contributed by atoms with E-state index in [4.69, 9.17) is 21.7 Å². The van der Waals surface area contributed by atoms with Gasteiger partial charge in [0, 0.05) is 0 Å². The Morgan fingerprint density at radius 3 is 2.30 bits per heavy atom. The van der Waals surface area contributed by atoms with Crippen LogP contribution in [-0.2, 0) is 11.4 Å². The number of anilines is 1. The molecule has 0 N–H and O–H groups in total. The molecule has 168 valence electrons. The lowest BCUT2D eigenvalue weighted by atomic mass is 10.2. The molecule has 1 saturated heterocycles. The van der Waals surface area contributed by atoms with Gasteiger partial charge in [0.25, 0.3) is 5.91 Å². The number of rotatable bonds is 7. The van der Waals surface area contributed by atoms with Crippen molar-refractivity contribution in [1.82, 2.24) is 0 Å². The average Bonchev–Trinajstić information content (AvgIpc) is 3.07. The van der Waals surface area contributed by atoms with Crippen molar-refractivity contribution in [3.63, 3.8) is 0 Å². The van der Waals surface area contributed by atoms with E-state index in [1.165, 1.54) is 11.8 Å². The molecule has 0 spiro atoms. The Hall–Kier alpha value is -1.63. The number of carbonyl (C=O) groups excluding carboxylic acids is 1. The van der Waals surface area contributed by atoms with Crippen LogP contribution in [0.3, 0.4) is 0 Å². The van der Waals surface area contributed by atoms with Gasteiger partial charge in [-0.2, -0.15) is 0 Å². The second-order valence-corrected chi connectivity index (χ2v) is 11.0. The standard InChI is InChI=1S/C25H19I2NO3S2/c1-2-30-19-10-8-18(9-11-19)28-24(29)22(33-25(28)32)14-17-12-20(26)23(21(27)13-17)31-15-16-6-4-3-5-7-16/h3-14H,2,15H2,1H3/b22-14+. The third kappa shape index (κ3) is 5.90. The predicted molar refractivity (Wildman–Crippen MR) is 156 cm³/mol. The monoisotopic (exact) mass is 699 g/mol. The number of thiocarbonyl (C=S) groups is 1. The molecule has 33 heavy (non-hydrogen) atoms. The highest BCUT2D eigenvalue weighted by molar-refractivity contribution is 14.1. The Morgan fingerprint density at radius 2 is 1.67 bits per heavy atom. The van der Waals surface area contributed by atoms with E-state index >= 15 is 0 Å². The molecule has 1 aliphatic rings. The molecular weight excluding hydrogens is 680 g/mol. The van der Waals surface area contributed by atoms with Gasteiger partial charge in [-0.3, -0.25) is 9.69 Å². The summed E-state index contributed by atoms with van der Waals surface area (Å²) >= 11 is 11.4. The molecule has 3 aromatic carbocycles. The summed E-state index contributed by atoms with van der Waals surface area (Å²) in [4.78, 5) is 15.3. The molecule has 0 bridgehead atoms. The van der Waals surface area contributed by atoms with Crippen LogP contribution >= 0.6 is 69.2 Å². The molecule has 1 amide bonds. The van der Waals surface area contributed by atoms with E-state index in [1.807, 2.05) is 79.7 Å². The quantitative estimate of drug-likeness (QED) is 0.147. The first-order valence-electron chi connectivity index (χ1n) is 10.1. The largest absolute Gasteiger partial charge is 0.494 e. The summed E-state index contributed by atoms with van der Waals surface area (Å²) in [5, 5.41) is 0. The minimum Gasteiger partial charge on any atom is -0.494 e. The summed E-state index contributed by atoms with van der Waals surface area (Å²) < 4.78 is 14.1. The van der Waals surface area contributed by atoms with Crippen molar-refractivity contribution >= 4 is 91.2 Å². The molecule has 8 heteroatoms. The van der Waals surface area contributed by atoms with Crippen molar-refractivity contribution < 1.29 is 14.3 Å². The molecule has 1 fully saturated rings. The van der Waals surface area contributed by atoms with Gasteiger partial charge in [-0.15, -0.1) is 0 Å². The summed E-state index contributed by atoms with van der Waals surface area (Å²) in [5.41, 5.74) is 2.78. The van der Waals surface area contributed by atoms with Crippen molar-refractivity contribution in [2.75, 3.05) is 11.5 Å². The second kappa shape index (κ2) is 11.2. The number of hydrogen-bond donors (Lipinski definition) is 0. The van der Waals surface area contributed by atoms with Crippen LogP contribution in [-0.4, -0.2) is 16.8 Å². The van der Waals surface area contributed by atoms with Crippen molar-refractivity contribution in [3.05, 3.63) is 89.9 Å². The van der Waals surface area contributed by atoms with Gasteiger partial charge >= 0.3 is 0 Å². The van der Waals surface area contributed by atoms with Gasteiger partial charge < -0.3 is 9.47 Å². The molecule has 4 rings (SSSR count). The Labute approximate surface area is 230 Å². The lowest BCUT2D eigenvalue weighted by Crippen LogP contribution is -2.27. The first-order chi connectivity index (χ1) is 16.0. The minimum absolute atomic E-state index is 0.122. The molecule has 1 heterocycles. The molecular formula is C25H19I2NO3S2. The first kappa shape index (κ1) is 24.5. The van der Waals surface area contributed by atoms with Gasteiger partial charge in [-0.25, -0.2) is 0 Å². The number of amides is 1. The molecule has 1 aliphatic heterocycles. The molecule has 0 aromatic heterocycles. The molecule has 0 atom stereocenters. The van der Waals surface area contributed by atoms with Crippen molar-refractivity contribution in [1.29, 1.82) is 0 Å². The minimum atomic E-state index is -0.122. The highest BCUT2D eigenvalue weighted by atomic mass is 127. The highest BCUT2D eigenvalue weighted by Crippen LogP contribution is 2.38. The van der Waals surface area contributed by atoms with Crippen LogP contribution in [0.2, 0.25) is 0 Å². The summed E-state index contributed by atoms with van der Waals surface area (Å²) in [6.45, 7) is 3.04. The zero-order valence-electron chi connectivity index (χ0n) is 17.6. The van der Waals surface area contributed by atoms with E-state index in [1.54, 1.807) is 4.90 Å². The lowest BCUT2D eigenvalue weighted by Gasteiger charge is -2.15. The van der Waals surface area contributed by atoms with Crippen LogP contribution in [0.5, 0.6) is 11.5 Å². The summed E-state index contributed by atoms with van der Waals surface area (Å²) in [7, 11) is 0. The maximum atomic E-state index is 13.1. The van der Waals surface area contributed by atoms with Crippen molar-refractivity contribution in [3.8, 4) is 11.5 Å². The van der Waals surface area contributed by atoms with Gasteiger partial charge in [0.05, 0.1) is 24.3 Å². The summed E-state index contributed by atoms with van der Waals surface area (Å²) in [5.74, 6) is 1.49. The van der Waals surface area contributed by atoms with Crippen LogP contribution in [0.4, 0.5) is 5.69 Å². The van der Waals surface area contributed by atoms with Crippen LogP contribution in [0.15, 0.2) is 71.6 Å². The Kier molecular flexibility index (Phi) is 8.31. The first-order valence-corrected chi connectivity index (χ1v) is 13.5. The van der Waals surface area contributed by atoms with E-state index < -0.39 is 0 Å². The van der Waals surface area contributed by atoms with Gasteiger partial charge in [0.2, 0.25) is 0 Å². The third-order valence-electron chi connectivity index (χ3n) is 4.74. The molecule has 0 saturated carbocycles. The Morgan fingerprint density at radius 1 is 1.00 bits per heavy atom. The fourth-order valence-corrected chi connectivity index (χ4v) is 6.66. The number of thioether (sulfide) groups is 1. The zero-order valence-corrected chi connectivity index (χ0v) is 23.5. The summed E-state index contributed by atoms with van der Waals surface area (Å²) in [6, 6.07) is 21.5. The Balaban J connectivity index is 1.52. The molecule has 3 aromatic rings. The van der Waals surface area contributed by atoms with Crippen LogP contribution in [0.25, 0.3) is 6.08 Å². The van der Waals surface area contributed by atoms with E-state index in [2.05, 4.69) is 45.2 Å². The van der Waals surface area contributed by atoms with Crippen molar-refractivity contribution in [2.24, 2.45) is 0 Å². The van der Waals surface area contributed by atoms with Gasteiger partial charge in [0.1, 0.15) is 18.1 Å². The third-order valence-corrected chi connectivity index (χ3v) is 7.65. The summed E-state index contributed by atoms with van der Waals surface area (Å²) in [6.07, 6.45) is 1.89. The van der Waals surface area contributed by atoms with Crippen LogP contribution < -0.4 is 14.4 Å². The Bertz CT molecular complexity index is 1190. The van der Waals surface area contributed by atoms with Crippen molar-refractivity contribution in [2.45, 2.75) is 13.5 Å². The molecule has 0 unspecified atom stereocenters. The number of benzene rings is 3. The smallest absolute Gasteiger partial charge is 0.270 e. The predicted octanol–water partition coefficient (Wildman–Crippen LogP) is 7.28. The zero-order chi connectivity index (χ0) is 23.4. The molecule has 4 nitrogen and oxygen atoms in total. The van der Waals surface area contributed by atoms with Gasteiger partial charge in [-0.05, 0) is 106 Å². The van der Waals surface area contributed by atoms with Crippen LogP contribution in [0.1, 0.15) is 18.1 Å². The van der Waals surface area contributed by atoms with E-state index in [0.717, 1.165) is 35.5 Å². The van der Waals surface area contributed by atoms with Crippen LogP contribution in [0, 0.1) is 7.14 Å². The average molecular weight is 699 g/mol.